The fraction of sp³-hybridized carbons (Fsp3) is 0.400. The number of benzene rings is 1. The van der Waals surface area contributed by atoms with Crippen LogP contribution in [0.4, 0.5) is 4.39 Å². The van der Waals surface area contributed by atoms with E-state index in [2.05, 4.69) is 15.9 Å². The summed E-state index contributed by atoms with van der Waals surface area (Å²) in [6.45, 7) is 0.530. The molecule has 1 saturated heterocycles. The SMILES string of the molecule is F[C@@H]1CCO[C@H]1c1ccc(Br)cc1. The minimum absolute atomic E-state index is 0.354. The molecule has 0 saturated carbocycles. The summed E-state index contributed by atoms with van der Waals surface area (Å²) in [5.41, 5.74) is 0.924. The molecule has 13 heavy (non-hydrogen) atoms. The van der Waals surface area contributed by atoms with E-state index in [-0.39, 0.29) is 6.10 Å². The van der Waals surface area contributed by atoms with Crippen molar-refractivity contribution < 1.29 is 9.13 Å². The minimum atomic E-state index is -0.846. The Labute approximate surface area is 85.0 Å². The summed E-state index contributed by atoms with van der Waals surface area (Å²) >= 11 is 3.33. The summed E-state index contributed by atoms with van der Waals surface area (Å²) in [6.07, 6.45) is -0.685. The topological polar surface area (TPSA) is 9.23 Å². The van der Waals surface area contributed by atoms with Crippen molar-refractivity contribution in [1.29, 1.82) is 0 Å². The van der Waals surface area contributed by atoms with Crippen LogP contribution in [0.5, 0.6) is 0 Å². The Morgan fingerprint density at radius 1 is 1.31 bits per heavy atom. The first-order chi connectivity index (χ1) is 6.27. The van der Waals surface area contributed by atoms with Crippen LogP contribution in [0.1, 0.15) is 18.1 Å². The third-order valence-corrected chi connectivity index (χ3v) is 2.75. The molecule has 1 heterocycles. The molecule has 0 amide bonds. The van der Waals surface area contributed by atoms with Gasteiger partial charge in [0.15, 0.2) is 0 Å². The zero-order valence-electron chi connectivity index (χ0n) is 7.04. The normalized spacial score (nSPS) is 27.8. The molecule has 0 N–H and O–H groups in total. The highest BCUT2D eigenvalue weighted by molar-refractivity contribution is 9.10. The average molecular weight is 245 g/mol. The fourth-order valence-electron chi connectivity index (χ4n) is 1.52. The zero-order valence-corrected chi connectivity index (χ0v) is 8.63. The first kappa shape index (κ1) is 9.16. The molecule has 0 aliphatic carbocycles. The molecular formula is C10H10BrFO. The third-order valence-electron chi connectivity index (χ3n) is 2.22. The third kappa shape index (κ3) is 1.92. The highest BCUT2D eigenvalue weighted by Crippen LogP contribution is 2.31. The maximum atomic E-state index is 13.2. The van der Waals surface area contributed by atoms with Crippen molar-refractivity contribution in [3.05, 3.63) is 34.3 Å². The molecule has 1 fully saturated rings. The summed E-state index contributed by atoms with van der Waals surface area (Å²) < 4.78 is 19.5. The van der Waals surface area contributed by atoms with Crippen LogP contribution in [0.25, 0.3) is 0 Å². The van der Waals surface area contributed by atoms with E-state index in [1.807, 2.05) is 24.3 Å². The smallest absolute Gasteiger partial charge is 0.133 e. The summed E-state index contributed by atoms with van der Waals surface area (Å²) in [6, 6.07) is 7.60. The van der Waals surface area contributed by atoms with Gasteiger partial charge in [-0.2, -0.15) is 0 Å². The van der Waals surface area contributed by atoms with Gasteiger partial charge in [-0.25, -0.2) is 4.39 Å². The van der Waals surface area contributed by atoms with Crippen molar-refractivity contribution in [2.24, 2.45) is 0 Å². The van der Waals surface area contributed by atoms with Gasteiger partial charge in [-0.3, -0.25) is 0 Å². The Balaban J connectivity index is 2.20. The lowest BCUT2D eigenvalue weighted by Gasteiger charge is -2.12. The van der Waals surface area contributed by atoms with Crippen LogP contribution in [-0.2, 0) is 4.74 Å². The second kappa shape index (κ2) is 3.76. The van der Waals surface area contributed by atoms with Crippen LogP contribution in [-0.4, -0.2) is 12.8 Å². The minimum Gasteiger partial charge on any atom is -0.370 e. The van der Waals surface area contributed by atoms with Gasteiger partial charge < -0.3 is 4.74 Å². The molecule has 0 spiro atoms. The summed E-state index contributed by atoms with van der Waals surface area (Å²) in [7, 11) is 0. The maximum absolute atomic E-state index is 13.2. The molecule has 0 radical (unpaired) electrons. The summed E-state index contributed by atoms with van der Waals surface area (Å²) in [5.74, 6) is 0. The van der Waals surface area contributed by atoms with Gasteiger partial charge in [0.05, 0.1) is 6.61 Å². The van der Waals surface area contributed by atoms with Gasteiger partial charge in [0, 0.05) is 10.9 Å². The lowest BCUT2D eigenvalue weighted by Crippen LogP contribution is -2.06. The lowest BCUT2D eigenvalue weighted by molar-refractivity contribution is 0.0778. The molecule has 1 aromatic carbocycles. The quantitative estimate of drug-likeness (QED) is 0.737. The van der Waals surface area contributed by atoms with E-state index in [9.17, 15) is 4.39 Å². The molecule has 1 aliphatic rings. The van der Waals surface area contributed by atoms with E-state index >= 15 is 0 Å². The first-order valence-electron chi connectivity index (χ1n) is 4.28. The fourth-order valence-corrected chi connectivity index (χ4v) is 1.79. The highest BCUT2D eigenvalue weighted by Gasteiger charge is 2.29. The highest BCUT2D eigenvalue weighted by atomic mass is 79.9. The average Bonchev–Trinajstić information content (AvgIpc) is 2.53. The Morgan fingerprint density at radius 2 is 2.00 bits per heavy atom. The second-order valence-corrected chi connectivity index (χ2v) is 4.06. The molecule has 0 bridgehead atoms. The molecule has 2 rings (SSSR count). The van der Waals surface area contributed by atoms with Crippen LogP contribution in [0, 0.1) is 0 Å². The van der Waals surface area contributed by atoms with Gasteiger partial charge in [0.2, 0.25) is 0 Å². The second-order valence-electron chi connectivity index (χ2n) is 3.15. The van der Waals surface area contributed by atoms with Crippen molar-refractivity contribution >= 4 is 15.9 Å². The van der Waals surface area contributed by atoms with E-state index in [1.165, 1.54) is 0 Å². The lowest BCUT2D eigenvalue weighted by atomic mass is 10.1. The predicted molar refractivity (Wildman–Crippen MR) is 52.3 cm³/mol. The van der Waals surface area contributed by atoms with Crippen LogP contribution >= 0.6 is 15.9 Å². The summed E-state index contributed by atoms with van der Waals surface area (Å²) in [4.78, 5) is 0. The molecule has 0 aromatic heterocycles. The number of ether oxygens (including phenoxy) is 1. The van der Waals surface area contributed by atoms with Crippen molar-refractivity contribution in [2.75, 3.05) is 6.61 Å². The molecule has 1 aromatic rings. The number of halogens is 2. The number of alkyl halides is 1. The molecule has 1 nitrogen and oxygen atoms in total. The van der Waals surface area contributed by atoms with E-state index in [4.69, 9.17) is 4.74 Å². The maximum Gasteiger partial charge on any atom is 0.133 e. The van der Waals surface area contributed by atoms with Crippen LogP contribution in [0.2, 0.25) is 0 Å². The molecule has 3 heteroatoms. The molecule has 70 valence electrons. The number of hydrogen-bond donors (Lipinski definition) is 0. The van der Waals surface area contributed by atoms with E-state index < -0.39 is 6.17 Å². The van der Waals surface area contributed by atoms with E-state index in [1.54, 1.807) is 0 Å². The Bertz CT molecular complexity index is 285. The van der Waals surface area contributed by atoms with Crippen molar-refractivity contribution in [3.63, 3.8) is 0 Å². The Kier molecular flexibility index (Phi) is 2.65. The monoisotopic (exact) mass is 244 g/mol. The van der Waals surface area contributed by atoms with E-state index in [0.29, 0.717) is 13.0 Å². The molecule has 2 atom stereocenters. The molecule has 1 aliphatic heterocycles. The van der Waals surface area contributed by atoms with Gasteiger partial charge in [0.25, 0.3) is 0 Å². The van der Waals surface area contributed by atoms with Gasteiger partial charge in [-0.15, -0.1) is 0 Å². The van der Waals surface area contributed by atoms with Crippen molar-refractivity contribution in [3.8, 4) is 0 Å². The van der Waals surface area contributed by atoms with Crippen LogP contribution in [0.3, 0.4) is 0 Å². The van der Waals surface area contributed by atoms with Gasteiger partial charge in [-0.05, 0) is 17.7 Å². The van der Waals surface area contributed by atoms with Gasteiger partial charge in [0.1, 0.15) is 12.3 Å². The largest absolute Gasteiger partial charge is 0.370 e. The van der Waals surface area contributed by atoms with Crippen molar-refractivity contribution in [2.45, 2.75) is 18.7 Å². The number of hydrogen-bond acceptors (Lipinski definition) is 1. The van der Waals surface area contributed by atoms with Crippen molar-refractivity contribution in [1.82, 2.24) is 0 Å². The van der Waals surface area contributed by atoms with Gasteiger partial charge in [-0.1, -0.05) is 28.1 Å². The first-order valence-corrected chi connectivity index (χ1v) is 5.08. The number of rotatable bonds is 1. The zero-order chi connectivity index (χ0) is 9.26. The van der Waals surface area contributed by atoms with Gasteiger partial charge >= 0.3 is 0 Å². The Hall–Kier alpha value is -0.410. The predicted octanol–water partition coefficient (Wildman–Crippen LogP) is 3.25. The standard InChI is InChI=1S/C10H10BrFO/c11-8-3-1-7(2-4-8)10-9(12)5-6-13-10/h1-4,9-10H,5-6H2/t9-,10+/m1/s1. The Morgan fingerprint density at radius 3 is 2.54 bits per heavy atom. The molecule has 0 unspecified atom stereocenters. The summed E-state index contributed by atoms with van der Waals surface area (Å²) in [5, 5.41) is 0. The molecular weight excluding hydrogens is 235 g/mol. The van der Waals surface area contributed by atoms with Crippen LogP contribution < -0.4 is 0 Å². The van der Waals surface area contributed by atoms with Crippen LogP contribution in [0.15, 0.2) is 28.7 Å². The van der Waals surface area contributed by atoms with E-state index in [0.717, 1.165) is 10.0 Å².